The number of hydrazine groups is 2. The van der Waals surface area contributed by atoms with Gasteiger partial charge in [0.1, 0.15) is 11.6 Å². The van der Waals surface area contributed by atoms with E-state index in [0.29, 0.717) is 37.0 Å². The maximum absolute atomic E-state index is 14.3. The average molecular weight is 691 g/mol. The number of rotatable bonds is 8. The number of carbonyl (C=O) groups is 1. The monoisotopic (exact) mass is 690 g/mol. The quantitative estimate of drug-likeness (QED) is 0.276. The van der Waals surface area contributed by atoms with Gasteiger partial charge in [0.15, 0.2) is 0 Å². The van der Waals surface area contributed by atoms with Crippen molar-refractivity contribution in [1.29, 1.82) is 0 Å². The van der Waals surface area contributed by atoms with E-state index in [1.54, 1.807) is 36.3 Å². The van der Waals surface area contributed by atoms with E-state index in [-0.39, 0.29) is 42.6 Å². The Morgan fingerprint density at radius 2 is 1.67 bits per heavy atom. The summed E-state index contributed by atoms with van der Waals surface area (Å²) in [5.74, 6) is -0.735. The zero-order valence-electron chi connectivity index (χ0n) is 25.6. The van der Waals surface area contributed by atoms with Crippen molar-refractivity contribution >= 4 is 17.7 Å². The molecule has 18 heteroatoms. The van der Waals surface area contributed by atoms with Crippen LogP contribution in [0.2, 0.25) is 0 Å². The first-order chi connectivity index (χ1) is 22.7. The van der Waals surface area contributed by atoms with Gasteiger partial charge in [-0.1, -0.05) is 19.1 Å². The van der Waals surface area contributed by atoms with Crippen LogP contribution < -0.4 is 15.9 Å². The molecule has 5 rings (SSSR count). The number of hydrazone groups is 1. The number of benzene rings is 2. The first-order valence-corrected chi connectivity index (χ1v) is 14.5. The van der Waals surface area contributed by atoms with Crippen molar-refractivity contribution in [3.05, 3.63) is 94.4 Å². The lowest BCUT2D eigenvalue weighted by atomic mass is 9.93. The van der Waals surface area contributed by atoms with Gasteiger partial charge >= 0.3 is 12.4 Å². The molecule has 1 saturated heterocycles. The molecule has 0 radical (unpaired) electrons. The number of piperazine rings is 1. The molecule has 1 atom stereocenters. The van der Waals surface area contributed by atoms with Gasteiger partial charge in [-0.25, -0.2) is 14.9 Å². The number of aromatic nitrogens is 1. The topological polar surface area (TPSA) is 79.3 Å². The lowest BCUT2D eigenvalue weighted by Crippen LogP contribution is -2.51. The SMILES string of the molecule is CCC(c1ccc(C(F)(F)F)cc1CN(Cc1cc(F)cc(C(F)(F)F)c1)C1=NNN(C)N1)N1CCN(c2ccccn2)C(=O)C1.FF. The maximum atomic E-state index is 14.3. The van der Waals surface area contributed by atoms with Crippen LogP contribution in [0.3, 0.4) is 0 Å². The third kappa shape index (κ3) is 8.66. The number of nitrogens with one attached hydrogen (secondary N) is 2. The minimum absolute atomic E-state index is 0.00819. The molecule has 0 saturated carbocycles. The minimum atomic E-state index is -4.81. The van der Waals surface area contributed by atoms with Crippen molar-refractivity contribution in [2.24, 2.45) is 5.10 Å². The van der Waals surface area contributed by atoms with Gasteiger partial charge in [0, 0.05) is 54.6 Å². The van der Waals surface area contributed by atoms with E-state index in [4.69, 9.17) is 9.15 Å². The summed E-state index contributed by atoms with van der Waals surface area (Å²) in [6, 6.07) is 10.2. The number of hydrogen-bond acceptors (Lipinski definition) is 8. The van der Waals surface area contributed by atoms with Crippen molar-refractivity contribution in [2.75, 3.05) is 31.6 Å². The molecular formula is C30H31F9N8O. The Balaban J connectivity index is 0.00000255. The highest BCUT2D eigenvalue weighted by atomic mass is 20.0. The smallest absolute Gasteiger partial charge is 0.332 e. The fourth-order valence-electron chi connectivity index (χ4n) is 5.63. The maximum Gasteiger partial charge on any atom is 0.416 e. The Labute approximate surface area is 269 Å². The fraction of sp³-hybridized carbons (Fsp3) is 0.367. The minimum Gasteiger partial charge on any atom is -0.332 e. The standard InChI is InChI=1S/C30H31F7N8O.F2/c1-3-25(43-10-11-45(27(46)18-43)26-6-4-5-9-38-26)24-8-7-21(29(32,33)34)14-20(24)17-44(28-39-41-42(2)40-28)16-19-12-22(30(35,36)37)15-23(31)13-19;1-2/h4-9,12-15,25,41H,3,10-11,16-18H2,1-2H3,(H,39,40);. The molecule has 0 aliphatic carbocycles. The van der Waals surface area contributed by atoms with Crippen LogP contribution in [0.25, 0.3) is 0 Å². The summed E-state index contributed by atoms with van der Waals surface area (Å²) in [6.45, 7) is 2.01. The van der Waals surface area contributed by atoms with Crippen LogP contribution in [0.5, 0.6) is 0 Å². The van der Waals surface area contributed by atoms with E-state index in [0.717, 1.165) is 24.3 Å². The van der Waals surface area contributed by atoms with E-state index in [2.05, 4.69) is 21.0 Å². The number of amides is 1. The summed E-state index contributed by atoms with van der Waals surface area (Å²) in [5.41, 5.74) is 4.00. The molecule has 2 aliphatic heterocycles. The van der Waals surface area contributed by atoms with E-state index in [9.17, 15) is 35.5 Å². The second kappa shape index (κ2) is 15.1. The first kappa shape index (κ1) is 36.3. The Bertz CT molecular complexity index is 1590. The molecule has 260 valence electrons. The van der Waals surface area contributed by atoms with Crippen LogP contribution in [0.1, 0.15) is 47.2 Å². The van der Waals surface area contributed by atoms with Crippen molar-refractivity contribution in [3.63, 3.8) is 0 Å². The highest BCUT2D eigenvalue weighted by Crippen LogP contribution is 2.36. The summed E-state index contributed by atoms with van der Waals surface area (Å²) in [6.07, 6.45) is -7.47. The van der Waals surface area contributed by atoms with Crippen LogP contribution in [-0.4, -0.2) is 58.5 Å². The number of pyridine rings is 1. The molecule has 2 aliphatic rings. The van der Waals surface area contributed by atoms with Crippen molar-refractivity contribution in [3.8, 4) is 0 Å². The summed E-state index contributed by atoms with van der Waals surface area (Å²) in [7, 11) is 1.56. The molecular weight excluding hydrogens is 659 g/mol. The summed E-state index contributed by atoms with van der Waals surface area (Å²) in [4.78, 5) is 22.3. The fourth-order valence-corrected chi connectivity index (χ4v) is 5.63. The highest BCUT2D eigenvalue weighted by Gasteiger charge is 2.36. The normalized spacial score (nSPS) is 16.4. The first-order valence-electron chi connectivity index (χ1n) is 14.5. The second-order valence-electron chi connectivity index (χ2n) is 10.9. The zero-order valence-corrected chi connectivity index (χ0v) is 25.6. The molecule has 0 bridgehead atoms. The van der Waals surface area contributed by atoms with Gasteiger partial charge in [0.05, 0.1) is 17.7 Å². The average Bonchev–Trinajstić information content (AvgIpc) is 3.48. The van der Waals surface area contributed by atoms with Gasteiger partial charge in [0.2, 0.25) is 11.9 Å². The third-order valence-electron chi connectivity index (χ3n) is 7.73. The van der Waals surface area contributed by atoms with Crippen LogP contribution in [0.4, 0.5) is 45.7 Å². The number of halogens is 9. The van der Waals surface area contributed by atoms with Crippen LogP contribution >= 0.6 is 0 Å². The number of anilines is 1. The molecule has 3 aromatic rings. The van der Waals surface area contributed by atoms with Gasteiger partial charge in [-0.2, -0.15) is 26.3 Å². The van der Waals surface area contributed by atoms with Gasteiger partial charge in [-0.3, -0.25) is 20.0 Å². The largest absolute Gasteiger partial charge is 0.416 e. The number of alkyl halides is 6. The Kier molecular flexibility index (Phi) is 11.4. The molecule has 48 heavy (non-hydrogen) atoms. The van der Waals surface area contributed by atoms with Gasteiger partial charge in [0.25, 0.3) is 0 Å². The van der Waals surface area contributed by atoms with E-state index in [1.807, 2.05) is 11.8 Å². The van der Waals surface area contributed by atoms with Crippen molar-refractivity contribution in [1.82, 2.24) is 30.9 Å². The lowest BCUT2D eigenvalue weighted by Gasteiger charge is -2.39. The number of carbonyl (C=O) groups excluding carboxylic acids is 1. The third-order valence-corrected chi connectivity index (χ3v) is 7.73. The van der Waals surface area contributed by atoms with Gasteiger partial charge in [-0.05, 0) is 65.6 Å². The lowest BCUT2D eigenvalue weighted by molar-refractivity contribution is -0.138. The van der Waals surface area contributed by atoms with E-state index < -0.39 is 35.3 Å². The van der Waals surface area contributed by atoms with Crippen molar-refractivity contribution in [2.45, 2.75) is 44.8 Å². The van der Waals surface area contributed by atoms with Crippen molar-refractivity contribution < 1.29 is 44.7 Å². The highest BCUT2D eigenvalue weighted by molar-refractivity contribution is 5.94. The Morgan fingerprint density at radius 3 is 2.25 bits per heavy atom. The molecule has 2 N–H and O–H groups in total. The molecule has 0 spiro atoms. The Hall–Kier alpha value is -4.58. The van der Waals surface area contributed by atoms with Gasteiger partial charge in [-0.15, -0.1) is 10.2 Å². The number of hydrogen-bond donors (Lipinski definition) is 2. The molecule has 1 unspecified atom stereocenters. The Morgan fingerprint density at radius 1 is 0.938 bits per heavy atom. The molecule has 1 aromatic heterocycles. The summed E-state index contributed by atoms with van der Waals surface area (Å²) >= 11 is 0. The van der Waals surface area contributed by atoms with E-state index in [1.165, 1.54) is 16.1 Å². The van der Waals surface area contributed by atoms with Gasteiger partial charge < -0.3 is 4.90 Å². The molecule has 1 fully saturated rings. The predicted octanol–water partition coefficient (Wildman–Crippen LogP) is 6.13. The summed E-state index contributed by atoms with van der Waals surface area (Å²) in [5, 5.41) is 5.45. The second-order valence-corrected chi connectivity index (χ2v) is 10.9. The van der Waals surface area contributed by atoms with Crippen LogP contribution in [0.15, 0.2) is 65.9 Å². The predicted molar refractivity (Wildman–Crippen MR) is 157 cm³/mol. The van der Waals surface area contributed by atoms with Crippen LogP contribution in [-0.2, 0) is 30.2 Å². The molecule has 3 heterocycles. The molecule has 1 amide bonds. The molecule has 2 aromatic carbocycles. The summed E-state index contributed by atoms with van der Waals surface area (Å²) < 4.78 is 113. The number of guanidine groups is 1. The van der Waals surface area contributed by atoms with E-state index >= 15 is 0 Å². The van der Waals surface area contributed by atoms with Crippen LogP contribution in [0, 0.1) is 5.82 Å². The zero-order chi connectivity index (χ0) is 35.2. The molecule has 9 nitrogen and oxygen atoms in total. The number of nitrogens with zero attached hydrogens (tertiary/aromatic N) is 6.